The van der Waals surface area contributed by atoms with E-state index < -0.39 is 0 Å². The van der Waals surface area contributed by atoms with Gasteiger partial charge in [-0.2, -0.15) is 0 Å². The Labute approximate surface area is 103 Å². The molecule has 17 heavy (non-hydrogen) atoms. The van der Waals surface area contributed by atoms with Crippen LogP contribution in [0, 0.1) is 5.92 Å². The number of hydrogen-bond acceptors (Lipinski definition) is 2. The normalized spacial score (nSPS) is 12.1. The molecule has 0 heterocycles. The van der Waals surface area contributed by atoms with Crippen molar-refractivity contribution < 1.29 is 9.59 Å². The SMILES string of the molecule is CCCCC(CC)C(=O)c1ccc(C=O)cc1. The van der Waals surface area contributed by atoms with Gasteiger partial charge in [0.15, 0.2) is 5.78 Å². The third-order valence-corrected chi connectivity index (χ3v) is 3.10. The highest BCUT2D eigenvalue weighted by Crippen LogP contribution is 2.18. The Hall–Kier alpha value is -1.44. The first-order valence-corrected chi connectivity index (χ1v) is 6.32. The second kappa shape index (κ2) is 7.00. The van der Waals surface area contributed by atoms with Crippen LogP contribution in [-0.4, -0.2) is 12.1 Å². The van der Waals surface area contributed by atoms with Crippen LogP contribution in [0.15, 0.2) is 24.3 Å². The summed E-state index contributed by atoms with van der Waals surface area (Å²) in [5, 5.41) is 0. The molecule has 0 radical (unpaired) electrons. The van der Waals surface area contributed by atoms with Gasteiger partial charge < -0.3 is 0 Å². The second-order valence-corrected chi connectivity index (χ2v) is 4.35. The molecule has 1 rings (SSSR count). The Morgan fingerprint density at radius 3 is 2.35 bits per heavy atom. The van der Waals surface area contributed by atoms with Gasteiger partial charge in [0.25, 0.3) is 0 Å². The van der Waals surface area contributed by atoms with E-state index in [1.807, 2.05) is 0 Å². The molecule has 1 aromatic rings. The van der Waals surface area contributed by atoms with E-state index in [0.717, 1.165) is 37.5 Å². The Balaban J connectivity index is 2.74. The minimum absolute atomic E-state index is 0.122. The standard InChI is InChI=1S/C15H20O2/c1-3-5-6-13(4-2)15(17)14-9-7-12(11-16)8-10-14/h7-11,13H,3-6H2,1-2H3. The summed E-state index contributed by atoms with van der Waals surface area (Å²) >= 11 is 0. The minimum Gasteiger partial charge on any atom is -0.298 e. The summed E-state index contributed by atoms with van der Waals surface area (Å²) in [6.07, 6.45) is 4.85. The molecule has 1 aromatic carbocycles. The number of aldehydes is 1. The fourth-order valence-corrected chi connectivity index (χ4v) is 1.93. The average Bonchev–Trinajstić information content (AvgIpc) is 2.39. The van der Waals surface area contributed by atoms with E-state index in [2.05, 4.69) is 13.8 Å². The van der Waals surface area contributed by atoms with Gasteiger partial charge in [0.2, 0.25) is 0 Å². The van der Waals surface area contributed by atoms with Crippen molar-refractivity contribution in [3.63, 3.8) is 0 Å². The van der Waals surface area contributed by atoms with E-state index >= 15 is 0 Å². The van der Waals surface area contributed by atoms with Crippen LogP contribution >= 0.6 is 0 Å². The van der Waals surface area contributed by atoms with Gasteiger partial charge in [-0.1, -0.05) is 51.0 Å². The van der Waals surface area contributed by atoms with E-state index in [9.17, 15) is 9.59 Å². The number of benzene rings is 1. The van der Waals surface area contributed by atoms with Gasteiger partial charge in [0.1, 0.15) is 6.29 Å². The van der Waals surface area contributed by atoms with Crippen molar-refractivity contribution in [3.05, 3.63) is 35.4 Å². The molecule has 0 aromatic heterocycles. The van der Waals surface area contributed by atoms with Crippen LogP contribution in [0.1, 0.15) is 60.2 Å². The molecule has 0 N–H and O–H groups in total. The van der Waals surface area contributed by atoms with Crippen molar-refractivity contribution in [2.24, 2.45) is 5.92 Å². The first-order valence-electron chi connectivity index (χ1n) is 6.32. The Morgan fingerprint density at radius 1 is 1.24 bits per heavy atom. The van der Waals surface area contributed by atoms with Crippen molar-refractivity contribution in [1.29, 1.82) is 0 Å². The van der Waals surface area contributed by atoms with E-state index in [-0.39, 0.29) is 11.7 Å². The fraction of sp³-hybridized carbons (Fsp3) is 0.467. The second-order valence-electron chi connectivity index (χ2n) is 4.35. The maximum atomic E-state index is 12.2. The van der Waals surface area contributed by atoms with E-state index in [4.69, 9.17) is 0 Å². The van der Waals surface area contributed by atoms with Crippen LogP contribution < -0.4 is 0 Å². The molecular formula is C15H20O2. The van der Waals surface area contributed by atoms with Gasteiger partial charge in [0.05, 0.1) is 0 Å². The molecule has 0 aliphatic rings. The lowest BCUT2D eigenvalue weighted by molar-refractivity contribution is 0.0907. The molecule has 0 spiro atoms. The highest BCUT2D eigenvalue weighted by Gasteiger charge is 2.17. The third-order valence-electron chi connectivity index (χ3n) is 3.10. The van der Waals surface area contributed by atoms with E-state index in [1.165, 1.54) is 0 Å². The molecule has 0 fully saturated rings. The molecule has 0 bridgehead atoms. The number of unbranched alkanes of at least 4 members (excludes halogenated alkanes) is 1. The van der Waals surface area contributed by atoms with Crippen LogP contribution in [0.25, 0.3) is 0 Å². The van der Waals surface area contributed by atoms with Crippen molar-refractivity contribution in [2.45, 2.75) is 39.5 Å². The summed E-state index contributed by atoms with van der Waals surface area (Å²) in [7, 11) is 0. The van der Waals surface area contributed by atoms with Crippen LogP contribution in [0.3, 0.4) is 0 Å². The lowest BCUT2D eigenvalue weighted by atomic mass is 9.90. The van der Waals surface area contributed by atoms with Crippen LogP contribution in [0.2, 0.25) is 0 Å². The van der Waals surface area contributed by atoms with Crippen LogP contribution in [0.5, 0.6) is 0 Å². The van der Waals surface area contributed by atoms with Gasteiger partial charge >= 0.3 is 0 Å². The van der Waals surface area contributed by atoms with Gasteiger partial charge in [-0.15, -0.1) is 0 Å². The molecule has 0 saturated carbocycles. The summed E-state index contributed by atoms with van der Waals surface area (Å²) in [6.45, 7) is 4.19. The summed E-state index contributed by atoms with van der Waals surface area (Å²) in [6, 6.07) is 6.90. The molecule has 0 aliphatic heterocycles. The number of hydrogen-bond donors (Lipinski definition) is 0. The zero-order chi connectivity index (χ0) is 12.7. The summed E-state index contributed by atoms with van der Waals surface area (Å²) in [5.74, 6) is 0.329. The smallest absolute Gasteiger partial charge is 0.165 e. The molecule has 2 heteroatoms. The van der Waals surface area contributed by atoms with Gasteiger partial charge in [0, 0.05) is 17.0 Å². The quantitative estimate of drug-likeness (QED) is 0.528. The number of Topliss-reactive ketones (excluding diaryl/α,β-unsaturated/α-hetero) is 1. The van der Waals surface area contributed by atoms with E-state index in [1.54, 1.807) is 24.3 Å². The topological polar surface area (TPSA) is 34.1 Å². The number of carbonyl (C=O) groups is 2. The maximum Gasteiger partial charge on any atom is 0.165 e. The largest absolute Gasteiger partial charge is 0.298 e. The third kappa shape index (κ3) is 3.81. The minimum atomic E-state index is 0.122. The van der Waals surface area contributed by atoms with Crippen molar-refractivity contribution >= 4 is 12.1 Å². The zero-order valence-corrected chi connectivity index (χ0v) is 10.6. The van der Waals surface area contributed by atoms with Crippen molar-refractivity contribution in [3.8, 4) is 0 Å². The first kappa shape index (κ1) is 13.6. The first-order chi connectivity index (χ1) is 8.22. The molecule has 0 saturated heterocycles. The van der Waals surface area contributed by atoms with Gasteiger partial charge in [-0.05, 0) is 12.8 Å². The highest BCUT2D eigenvalue weighted by atomic mass is 16.1. The molecule has 0 aliphatic carbocycles. The fourth-order valence-electron chi connectivity index (χ4n) is 1.93. The number of rotatable bonds is 7. The summed E-state index contributed by atoms with van der Waals surface area (Å²) in [5.41, 5.74) is 1.33. The number of carbonyl (C=O) groups excluding carboxylic acids is 2. The summed E-state index contributed by atoms with van der Waals surface area (Å²) < 4.78 is 0. The van der Waals surface area contributed by atoms with E-state index in [0.29, 0.717) is 5.56 Å². The maximum absolute atomic E-state index is 12.2. The predicted octanol–water partition coefficient (Wildman–Crippen LogP) is 3.90. The molecule has 92 valence electrons. The lowest BCUT2D eigenvalue weighted by Crippen LogP contribution is -2.14. The van der Waals surface area contributed by atoms with Gasteiger partial charge in [-0.3, -0.25) is 9.59 Å². The Morgan fingerprint density at radius 2 is 1.88 bits per heavy atom. The lowest BCUT2D eigenvalue weighted by Gasteiger charge is -2.13. The van der Waals surface area contributed by atoms with Crippen molar-refractivity contribution in [1.82, 2.24) is 0 Å². The molecule has 2 nitrogen and oxygen atoms in total. The molecular weight excluding hydrogens is 212 g/mol. The predicted molar refractivity (Wildman–Crippen MR) is 69.5 cm³/mol. The van der Waals surface area contributed by atoms with Crippen LogP contribution in [-0.2, 0) is 0 Å². The zero-order valence-electron chi connectivity index (χ0n) is 10.6. The molecule has 0 amide bonds. The van der Waals surface area contributed by atoms with Crippen LogP contribution in [0.4, 0.5) is 0 Å². The summed E-state index contributed by atoms with van der Waals surface area (Å²) in [4.78, 5) is 22.7. The average molecular weight is 232 g/mol. The molecule has 1 unspecified atom stereocenters. The monoisotopic (exact) mass is 232 g/mol. The van der Waals surface area contributed by atoms with Gasteiger partial charge in [-0.25, -0.2) is 0 Å². The Kier molecular flexibility index (Phi) is 5.61. The number of ketones is 1. The van der Waals surface area contributed by atoms with Crippen molar-refractivity contribution in [2.75, 3.05) is 0 Å². The molecule has 1 atom stereocenters. The Bertz CT molecular complexity index is 365. The highest BCUT2D eigenvalue weighted by molar-refractivity contribution is 5.98.